The molecule has 176 valence electrons. The molecule has 0 saturated heterocycles. The first-order valence-electron chi connectivity index (χ1n) is 9.99. The Hall–Kier alpha value is -3.33. The summed E-state index contributed by atoms with van der Waals surface area (Å²) in [5.74, 6) is -7.81. The molecule has 0 bridgehead atoms. The van der Waals surface area contributed by atoms with Crippen molar-refractivity contribution in [1.82, 2.24) is 0 Å². The molecular formula is C25H15F7OS. The quantitative estimate of drug-likeness (QED) is 0.243. The summed E-state index contributed by atoms with van der Waals surface area (Å²) in [6.07, 6.45) is -3.74. The van der Waals surface area contributed by atoms with Crippen LogP contribution in [0.4, 0.5) is 30.7 Å². The zero-order valence-electron chi connectivity index (χ0n) is 17.4. The Labute approximate surface area is 194 Å². The Morgan fingerprint density at radius 2 is 1.38 bits per heavy atom. The maximum Gasteiger partial charge on any atom is 0.432 e. The number of rotatable bonds is 6. The number of halogens is 7. The third-order valence-corrected chi connectivity index (χ3v) is 6.32. The maximum absolute atomic E-state index is 14.8. The van der Waals surface area contributed by atoms with Crippen LogP contribution >= 0.6 is 11.3 Å². The SMILES string of the molecule is CCc1ccc(-c2ccc(-c3cc(F)c(C(F)(F)Oc4ccc(F)c(F)c4)c(F)c3)c(F)c2)s1. The number of hydrogen-bond acceptors (Lipinski definition) is 2. The molecule has 0 spiro atoms. The third kappa shape index (κ3) is 4.65. The van der Waals surface area contributed by atoms with Crippen LogP contribution in [-0.2, 0) is 12.5 Å². The van der Waals surface area contributed by atoms with Gasteiger partial charge in [0.1, 0.15) is 28.8 Å². The Bertz CT molecular complexity index is 1340. The van der Waals surface area contributed by atoms with E-state index in [2.05, 4.69) is 4.74 Å². The van der Waals surface area contributed by atoms with Crippen molar-refractivity contribution >= 4 is 11.3 Å². The standard InChI is InChI=1S/C25H15F7OS/c1-2-16-5-8-23(34-16)13-3-6-17(19(27)9-13)14-10-21(29)24(22(30)11-14)25(31,32)33-15-4-7-18(26)20(28)12-15/h3-12H,2H2,1H3. The van der Waals surface area contributed by atoms with E-state index in [4.69, 9.17) is 0 Å². The van der Waals surface area contributed by atoms with E-state index in [0.29, 0.717) is 35.9 Å². The fraction of sp³-hybridized carbons (Fsp3) is 0.120. The lowest BCUT2D eigenvalue weighted by Gasteiger charge is -2.20. The van der Waals surface area contributed by atoms with Gasteiger partial charge in [-0.15, -0.1) is 11.3 Å². The first-order valence-corrected chi connectivity index (χ1v) is 10.8. The van der Waals surface area contributed by atoms with Crippen molar-refractivity contribution in [2.24, 2.45) is 0 Å². The fourth-order valence-corrected chi connectivity index (χ4v) is 4.32. The van der Waals surface area contributed by atoms with E-state index in [1.807, 2.05) is 19.1 Å². The normalized spacial score (nSPS) is 11.6. The van der Waals surface area contributed by atoms with Gasteiger partial charge in [0.05, 0.1) is 0 Å². The summed E-state index contributed by atoms with van der Waals surface area (Å²) in [5.41, 5.74) is -1.67. The monoisotopic (exact) mass is 496 g/mol. The minimum absolute atomic E-state index is 0.190. The minimum Gasteiger partial charge on any atom is -0.429 e. The van der Waals surface area contributed by atoms with Gasteiger partial charge in [-0.2, -0.15) is 8.78 Å². The predicted octanol–water partition coefficient (Wildman–Crippen LogP) is 8.47. The lowest BCUT2D eigenvalue weighted by molar-refractivity contribution is -0.189. The van der Waals surface area contributed by atoms with Gasteiger partial charge in [-0.05, 0) is 60.0 Å². The predicted molar refractivity (Wildman–Crippen MR) is 115 cm³/mol. The molecule has 0 fully saturated rings. The molecule has 3 aromatic carbocycles. The van der Waals surface area contributed by atoms with Gasteiger partial charge in [-0.25, -0.2) is 22.0 Å². The topological polar surface area (TPSA) is 9.23 Å². The summed E-state index contributed by atoms with van der Waals surface area (Å²) < 4.78 is 103. The van der Waals surface area contributed by atoms with Crippen LogP contribution in [0, 0.1) is 29.1 Å². The van der Waals surface area contributed by atoms with Gasteiger partial charge < -0.3 is 4.74 Å². The van der Waals surface area contributed by atoms with Crippen LogP contribution in [0.3, 0.4) is 0 Å². The van der Waals surface area contributed by atoms with Gasteiger partial charge in [-0.1, -0.05) is 19.1 Å². The Kier molecular flexibility index (Phi) is 6.40. The molecule has 0 unspecified atom stereocenters. The summed E-state index contributed by atoms with van der Waals surface area (Å²) in [6, 6.07) is 10.5. The summed E-state index contributed by atoms with van der Waals surface area (Å²) in [5, 5.41) is 0. The molecular weight excluding hydrogens is 481 g/mol. The molecule has 0 atom stereocenters. The molecule has 1 nitrogen and oxygen atoms in total. The summed E-state index contributed by atoms with van der Waals surface area (Å²) in [7, 11) is 0. The van der Waals surface area contributed by atoms with Gasteiger partial charge in [0.15, 0.2) is 11.6 Å². The van der Waals surface area contributed by atoms with E-state index in [1.165, 1.54) is 23.5 Å². The summed E-state index contributed by atoms with van der Waals surface area (Å²) in [6.45, 7) is 1.98. The van der Waals surface area contributed by atoms with E-state index in [9.17, 15) is 30.7 Å². The second-order valence-corrected chi connectivity index (χ2v) is 8.49. The number of benzene rings is 3. The van der Waals surface area contributed by atoms with E-state index >= 15 is 0 Å². The Morgan fingerprint density at radius 3 is 1.97 bits per heavy atom. The molecule has 0 amide bonds. The second-order valence-electron chi connectivity index (χ2n) is 7.32. The highest BCUT2D eigenvalue weighted by atomic mass is 32.1. The average molecular weight is 496 g/mol. The van der Waals surface area contributed by atoms with Crippen LogP contribution in [0.25, 0.3) is 21.6 Å². The minimum atomic E-state index is -4.56. The molecule has 4 aromatic rings. The molecule has 0 aliphatic carbocycles. The second kappa shape index (κ2) is 9.13. The number of aryl methyl sites for hydroxylation is 1. The summed E-state index contributed by atoms with van der Waals surface area (Å²) >= 11 is 1.48. The molecule has 34 heavy (non-hydrogen) atoms. The Morgan fingerprint density at radius 1 is 0.706 bits per heavy atom. The van der Waals surface area contributed by atoms with E-state index in [-0.39, 0.29) is 11.1 Å². The molecule has 0 N–H and O–H groups in total. The van der Waals surface area contributed by atoms with Crippen molar-refractivity contribution in [2.45, 2.75) is 19.5 Å². The van der Waals surface area contributed by atoms with Crippen molar-refractivity contribution in [3.05, 3.63) is 100 Å². The number of alkyl halides is 2. The lowest BCUT2D eigenvalue weighted by Crippen LogP contribution is -2.25. The highest BCUT2D eigenvalue weighted by Crippen LogP contribution is 2.38. The van der Waals surface area contributed by atoms with Crippen molar-refractivity contribution in [2.75, 3.05) is 0 Å². The third-order valence-electron chi connectivity index (χ3n) is 5.04. The van der Waals surface area contributed by atoms with Gasteiger partial charge >= 0.3 is 6.11 Å². The van der Waals surface area contributed by atoms with Crippen LogP contribution in [0.5, 0.6) is 5.75 Å². The van der Waals surface area contributed by atoms with Crippen molar-refractivity contribution in [3.8, 4) is 27.3 Å². The van der Waals surface area contributed by atoms with Crippen molar-refractivity contribution in [1.29, 1.82) is 0 Å². The number of thiophene rings is 1. The average Bonchev–Trinajstić information content (AvgIpc) is 3.24. The molecule has 0 saturated carbocycles. The van der Waals surface area contributed by atoms with E-state index in [1.54, 1.807) is 6.07 Å². The first-order chi connectivity index (χ1) is 16.1. The zero-order valence-corrected chi connectivity index (χ0v) is 18.3. The van der Waals surface area contributed by atoms with Gasteiger partial charge in [0, 0.05) is 21.4 Å². The molecule has 1 aromatic heterocycles. The molecule has 0 aliphatic rings. The van der Waals surface area contributed by atoms with Crippen molar-refractivity contribution in [3.63, 3.8) is 0 Å². The smallest absolute Gasteiger partial charge is 0.429 e. The summed E-state index contributed by atoms with van der Waals surface area (Å²) in [4.78, 5) is 1.91. The van der Waals surface area contributed by atoms with Crippen molar-refractivity contribution < 1.29 is 35.5 Å². The highest BCUT2D eigenvalue weighted by Gasteiger charge is 2.41. The largest absolute Gasteiger partial charge is 0.432 e. The van der Waals surface area contributed by atoms with E-state index in [0.717, 1.165) is 16.2 Å². The van der Waals surface area contributed by atoms with Gasteiger partial charge in [-0.3, -0.25) is 0 Å². The van der Waals surface area contributed by atoms with Crippen LogP contribution < -0.4 is 4.74 Å². The van der Waals surface area contributed by atoms with Gasteiger partial charge in [0.25, 0.3) is 0 Å². The molecule has 0 aliphatic heterocycles. The molecule has 0 radical (unpaired) electrons. The maximum atomic E-state index is 14.8. The molecule has 1 heterocycles. The first kappa shape index (κ1) is 23.8. The van der Waals surface area contributed by atoms with Crippen LogP contribution in [0.2, 0.25) is 0 Å². The Balaban J connectivity index is 1.66. The number of ether oxygens (including phenoxy) is 1. The zero-order chi connectivity index (χ0) is 24.6. The number of hydrogen-bond donors (Lipinski definition) is 0. The van der Waals surface area contributed by atoms with E-state index < -0.39 is 46.5 Å². The fourth-order valence-electron chi connectivity index (χ4n) is 3.37. The van der Waals surface area contributed by atoms with Crippen LogP contribution in [0.15, 0.2) is 60.7 Å². The van der Waals surface area contributed by atoms with Crippen LogP contribution in [-0.4, -0.2) is 0 Å². The highest BCUT2D eigenvalue weighted by molar-refractivity contribution is 7.15. The molecule has 9 heteroatoms. The van der Waals surface area contributed by atoms with Crippen LogP contribution in [0.1, 0.15) is 17.4 Å². The molecule has 4 rings (SSSR count). The lowest BCUT2D eigenvalue weighted by atomic mass is 10.00. The van der Waals surface area contributed by atoms with Gasteiger partial charge in [0.2, 0.25) is 0 Å².